The van der Waals surface area contributed by atoms with Crippen LogP contribution in [0.5, 0.6) is 0 Å². The zero-order valence-corrected chi connectivity index (χ0v) is 18.5. The van der Waals surface area contributed by atoms with Crippen LogP contribution in [0.4, 0.5) is 19.7 Å². The number of aryl methyl sites for hydroxylation is 1. The Morgan fingerprint density at radius 2 is 1.91 bits per heavy atom. The number of nitrogens with one attached hydrogen (secondary N) is 1. The second-order valence-electron chi connectivity index (χ2n) is 6.89. The van der Waals surface area contributed by atoms with Crippen LogP contribution in [0.1, 0.15) is 16.1 Å². The van der Waals surface area contributed by atoms with Crippen molar-refractivity contribution in [2.75, 3.05) is 42.1 Å². The van der Waals surface area contributed by atoms with E-state index in [1.165, 1.54) is 34.1 Å². The van der Waals surface area contributed by atoms with E-state index in [9.17, 15) is 18.4 Å². The van der Waals surface area contributed by atoms with Crippen LogP contribution < -0.4 is 10.2 Å². The minimum atomic E-state index is -0.869. The number of carbonyl (C=O) groups excluding carboxylic acids is 2. The van der Waals surface area contributed by atoms with Crippen LogP contribution in [-0.4, -0.2) is 64.0 Å². The standard InChI is InChI=1S/C19H18F2N6O3S2/c1-11-9-14(25-30-11)22-15(28)10-31-19-24-23-18(32-19)27-7-5-26(6-8-27)17(29)16-12(20)3-2-4-13(16)21/h2-4,9H,5-8,10H2,1H3,(H,22,25,28). The zero-order valence-electron chi connectivity index (χ0n) is 16.9. The first-order valence-electron chi connectivity index (χ1n) is 9.58. The highest BCUT2D eigenvalue weighted by Crippen LogP contribution is 2.29. The molecule has 3 aromatic rings. The van der Waals surface area contributed by atoms with Crippen molar-refractivity contribution in [1.82, 2.24) is 20.3 Å². The van der Waals surface area contributed by atoms with Gasteiger partial charge in [-0.1, -0.05) is 34.3 Å². The molecule has 0 atom stereocenters. The minimum Gasteiger partial charge on any atom is -0.360 e. The Labute approximate surface area is 189 Å². The van der Waals surface area contributed by atoms with Gasteiger partial charge in [-0.3, -0.25) is 9.59 Å². The molecule has 0 aliphatic carbocycles. The van der Waals surface area contributed by atoms with Gasteiger partial charge in [0.05, 0.1) is 5.75 Å². The van der Waals surface area contributed by atoms with E-state index in [2.05, 4.69) is 20.7 Å². The molecule has 0 radical (unpaired) electrons. The van der Waals surface area contributed by atoms with Gasteiger partial charge in [-0.15, -0.1) is 10.2 Å². The summed E-state index contributed by atoms with van der Waals surface area (Å²) in [4.78, 5) is 27.9. The minimum absolute atomic E-state index is 0.136. The number of anilines is 2. The van der Waals surface area contributed by atoms with Crippen LogP contribution in [0, 0.1) is 18.6 Å². The predicted octanol–water partition coefficient (Wildman–Crippen LogP) is 2.81. The molecule has 9 nitrogen and oxygen atoms in total. The largest absolute Gasteiger partial charge is 0.360 e. The monoisotopic (exact) mass is 480 g/mol. The Hall–Kier alpha value is -3.06. The number of benzene rings is 1. The lowest BCUT2D eigenvalue weighted by atomic mass is 10.1. The second kappa shape index (κ2) is 9.61. The molecule has 0 bridgehead atoms. The summed E-state index contributed by atoms with van der Waals surface area (Å²) in [5.74, 6) is -1.56. The van der Waals surface area contributed by atoms with Crippen LogP contribution in [0.25, 0.3) is 0 Å². The third kappa shape index (κ3) is 5.05. The zero-order chi connectivity index (χ0) is 22.7. The molecule has 1 saturated heterocycles. The maximum absolute atomic E-state index is 13.9. The SMILES string of the molecule is Cc1cc(NC(=O)CSc2nnc(N3CCN(C(=O)c4c(F)cccc4F)CC3)s2)no1. The summed E-state index contributed by atoms with van der Waals surface area (Å²) >= 11 is 2.58. The average Bonchev–Trinajstić information content (AvgIpc) is 3.41. The van der Waals surface area contributed by atoms with Crippen LogP contribution in [0.15, 0.2) is 33.1 Å². The lowest BCUT2D eigenvalue weighted by Crippen LogP contribution is -2.49. The van der Waals surface area contributed by atoms with Gasteiger partial charge in [-0.25, -0.2) is 8.78 Å². The van der Waals surface area contributed by atoms with Crippen molar-refractivity contribution >= 4 is 45.9 Å². The molecular weight excluding hydrogens is 462 g/mol. The highest BCUT2D eigenvalue weighted by Gasteiger charge is 2.27. The Kier molecular flexibility index (Phi) is 6.65. The normalized spacial score (nSPS) is 14.0. The van der Waals surface area contributed by atoms with Crippen LogP contribution in [0.2, 0.25) is 0 Å². The Morgan fingerprint density at radius 1 is 1.19 bits per heavy atom. The smallest absolute Gasteiger partial charge is 0.259 e. The molecule has 32 heavy (non-hydrogen) atoms. The molecule has 2 aromatic heterocycles. The molecule has 2 amide bonds. The summed E-state index contributed by atoms with van der Waals surface area (Å²) in [6.07, 6.45) is 0. The van der Waals surface area contributed by atoms with E-state index >= 15 is 0 Å². The van der Waals surface area contributed by atoms with E-state index in [0.717, 1.165) is 12.1 Å². The average molecular weight is 481 g/mol. The van der Waals surface area contributed by atoms with Crippen molar-refractivity contribution in [3.05, 3.63) is 47.2 Å². The lowest BCUT2D eigenvalue weighted by molar-refractivity contribution is -0.113. The molecule has 1 aromatic carbocycles. The van der Waals surface area contributed by atoms with Crippen molar-refractivity contribution in [3.8, 4) is 0 Å². The molecule has 13 heteroatoms. The number of hydrogen-bond donors (Lipinski definition) is 1. The molecule has 1 N–H and O–H groups in total. The molecule has 3 heterocycles. The van der Waals surface area contributed by atoms with Gasteiger partial charge >= 0.3 is 0 Å². The first kappa shape index (κ1) is 22.1. The van der Waals surface area contributed by atoms with Crippen molar-refractivity contribution in [2.24, 2.45) is 0 Å². The van der Waals surface area contributed by atoms with E-state index in [1.54, 1.807) is 13.0 Å². The summed E-state index contributed by atoms with van der Waals surface area (Å²) < 4.78 is 33.3. The Morgan fingerprint density at radius 3 is 2.56 bits per heavy atom. The van der Waals surface area contributed by atoms with Crippen molar-refractivity contribution < 1.29 is 22.9 Å². The number of thioether (sulfide) groups is 1. The van der Waals surface area contributed by atoms with E-state index in [4.69, 9.17) is 4.52 Å². The van der Waals surface area contributed by atoms with E-state index < -0.39 is 23.1 Å². The van der Waals surface area contributed by atoms with Gasteiger partial charge in [0.15, 0.2) is 10.2 Å². The molecule has 168 valence electrons. The van der Waals surface area contributed by atoms with Crippen LogP contribution >= 0.6 is 23.1 Å². The van der Waals surface area contributed by atoms with Gasteiger partial charge < -0.3 is 19.6 Å². The topological polar surface area (TPSA) is 104 Å². The Bertz CT molecular complexity index is 1110. The summed E-state index contributed by atoms with van der Waals surface area (Å²) in [6.45, 7) is 3.23. The van der Waals surface area contributed by atoms with E-state index in [-0.39, 0.29) is 11.7 Å². The number of halogens is 2. The molecule has 1 aliphatic rings. The van der Waals surface area contributed by atoms with Crippen LogP contribution in [-0.2, 0) is 4.79 Å². The molecule has 1 fully saturated rings. The number of piperazine rings is 1. The van der Waals surface area contributed by atoms with Crippen molar-refractivity contribution in [3.63, 3.8) is 0 Å². The van der Waals surface area contributed by atoms with Gasteiger partial charge in [0.25, 0.3) is 5.91 Å². The lowest BCUT2D eigenvalue weighted by Gasteiger charge is -2.34. The molecule has 4 rings (SSSR count). The van der Waals surface area contributed by atoms with Gasteiger partial charge in [0.1, 0.15) is 23.0 Å². The summed E-state index contributed by atoms with van der Waals surface area (Å²) in [5.41, 5.74) is -0.533. The fraction of sp³-hybridized carbons (Fsp3) is 0.316. The first-order valence-corrected chi connectivity index (χ1v) is 11.4. The summed E-state index contributed by atoms with van der Waals surface area (Å²) in [5, 5.41) is 15.2. The fourth-order valence-electron chi connectivity index (χ4n) is 3.08. The molecule has 0 saturated carbocycles. The quantitative estimate of drug-likeness (QED) is 0.537. The molecule has 0 unspecified atom stereocenters. The Balaban J connectivity index is 1.28. The van der Waals surface area contributed by atoms with E-state index in [0.29, 0.717) is 47.2 Å². The van der Waals surface area contributed by atoms with Gasteiger partial charge in [-0.2, -0.15) is 0 Å². The van der Waals surface area contributed by atoms with Crippen LogP contribution in [0.3, 0.4) is 0 Å². The molecule has 0 spiro atoms. The number of aromatic nitrogens is 3. The number of carbonyl (C=O) groups is 2. The van der Waals surface area contributed by atoms with E-state index in [1.807, 2.05) is 4.90 Å². The number of hydrogen-bond acceptors (Lipinski definition) is 9. The number of amides is 2. The third-order valence-corrected chi connectivity index (χ3v) is 6.75. The number of rotatable bonds is 6. The third-order valence-electron chi connectivity index (χ3n) is 4.63. The van der Waals surface area contributed by atoms with Crippen molar-refractivity contribution in [2.45, 2.75) is 11.3 Å². The molecule has 1 aliphatic heterocycles. The summed E-state index contributed by atoms with van der Waals surface area (Å²) in [6, 6.07) is 4.99. The van der Waals surface area contributed by atoms with Gasteiger partial charge in [-0.05, 0) is 19.1 Å². The maximum Gasteiger partial charge on any atom is 0.259 e. The second-order valence-corrected chi connectivity index (χ2v) is 9.06. The predicted molar refractivity (Wildman–Crippen MR) is 115 cm³/mol. The number of nitrogens with zero attached hydrogens (tertiary/aromatic N) is 5. The summed E-state index contributed by atoms with van der Waals surface area (Å²) in [7, 11) is 0. The van der Waals surface area contributed by atoms with Gasteiger partial charge in [0.2, 0.25) is 11.0 Å². The first-order chi connectivity index (χ1) is 15.4. The van der Waals surface area contributed by atoms with Crippen molar-refractivity contribution in [1.29, 1.82) is 0 Å². The highest BCUT2D eigenvalue weighted by molar-refractivity contribution is 8.01. The molecular formula is C19H18F2N6O3S2. The fourth-order valence-corrected chi connectivity index (χ4v) is 4.77. The maximum atomic E-state index is 13.9. The highest BCUT2D eigenvalue weighted by atomic mass is 32.2. The van der Waals surface area contributed by atoms with Gasteiger partial charge in [0, 0.05) is 32.2 Å².